The number of esters is 2. The number of hydrogen-bond acceptors (Lipinski definition) is 4. The van der Waals surface area contributed by atoms with Gasteiger partial charge in [-0.25, -0.2) is 0 Å². The monoisotopic (exact) mass is 266 g/mol. The molecule has 0 aliphatic rings. The van der Waals surface area contributed by atoms with Crippen LogP contribution in [0.25, 0.3) is 0 Å². The highest BCUT2D eigenvalue weighted by molar-refractivity contribution is 5.73. The quantitative estimate of drug-likeness (QED) is 0.525. The Morgan fingerprint density at radius 1 is 1.05 bits per heavy atom. The van der Waals surface area contributed by atoms with Crippen molar-refractivity contribution in [3.63, 3.8) is 0 Å². The summed E-state index contributed by atoms with van der Waals surface area (Å²) in [6.45, 7) is 7.56. The summed E-state index contributed by atoms with van der Waals surface area (Å²) >= 11 is 0. The SMILES string of the molecule is C=C(C)/C=C/C(C)=C/C(CC(=O)OC)CC(=O)OC. The zero-order valence-corrected chi connectivity index (χ0v) is 12.1. The van der Waals surface area contributed by atoms with Gasteiger partial charge in [0.1, 0.15) is 0 Å². The smallest absolute Gasteiger partial charge is 0.306 e. The first-order chi connectivity index (χ1) is 8.88. The summed E-state index contributed by atoms with van der Waals surface area (Å²) in [5.74, 6) is -0.918. The molecule has 19 heavy (non-hydrogen) atoms. The predicted molar refractivity (Wildman–Crippen MR) is 74.5 cm³/mol. The number of hydrogen-bond donors (Lipinski definition) is 0. The molecule has 106 valence electrons. The van der Waals surface area contributed by atoms with Crippen molar-refractivity contribution in [2.45, 2.75) is 26.7 Å². The standard InChI is InChI=1S/C15H22O4/c1-11(2)6-7-12(3)8-13(9-14(16)18-4)10-15(17)19-5/h6-8,13H,1,9-10H2,2-5H3/b7-6+,12-8+. The van der Waals surface area contributed by atoms with Crippen LogP contribution in [0.3, 0.4) is 0 Å². The molecule has 0 atom stereocenters. The molecule has 4 heteroatoms. The van der Waals surface area contributed by atoms with Crippen molar-refractivity contribution >= 4 is 11.9 Å². The molecule has 0 aliphatic carbocycles. The van der Waals surface area contributed by atoms with Gasteiger partial charge in [-0.2, -0.15) is 0 Å². The van der Waals surface area contributed by atoms with E-state index in [1.54, 1.807) is 0 Å². The van der Waals surface area contributed by atoms with E-state index in [2.05, 4.69) is 16.1 Å². The van der Waals surface area contributed by atoms with Crippen molar-refractivity contribution < 1.29 is 19.1 Å². The third-order valence-corrected chi connectivity index (χ3v) is 2.44. The summed E-state index contributed by atoms with van der Waals surface area (Å²) in [7, 11) is 2.66. The van der Waals surface area contributed by atoms with Gasteiger partial charge in [0.05, 0.1) is 27.1 Å². The molecule has 0 saturated carbocycles. The minimum atomic E-state index is -0.346. The summed E-state index contributed by atoms with van der Waals surface area (Å²) in [5.41, 5.74) is 1.89. The van der Waals surface area contributed by atoms with Crippen LogP contribution in [0, 0.1) is 5.92 Å². The Balaban J connectivity index is 4.81. The summed E-state index contributed by atoms with van der Waals surface area (Å²) in [5, 5.41) is 0. The number of allylic oxidation sites excluding steroid dienone is 5. The lowest BCUT2D eigenvalue weighted by Gasteiger charge is -2.10. The molecule has 0 N–H and O–H groups in total. The number of rotatable bonds is 7. The van der Waals surface area contributed by atoms with Gasteiger partial charge in [-0.1, -0.05) is 36.0 Å². The fraction of sp³-hybridized carbons (Fsp3) is 0.467. The summed E-state index contributed by atoms with van der Waals surface area (Å²) in [6, 6.07) is 0. The van der Waals surface area contributed by atoms with Crippen LogP contribution in [0.15, 0.2) is 36.0 Å². The molecule has 0 fully saturated rings. The summed E-state index contributed by atoms with van der Waals surface area (Å²) in [4.78, 5) is 22.6. The Morgan fingerprint density at radius 3 is 1.89 bits per heavy atom. The van der Waals surface area contributed by atoms with Gasteiger partial charge < -0.3 is 9.47 Å². The number of ether oxygens (including phenoxy) is 2. The van der Waals surface area contributed by atoms with Gasteiger partial charge in [-0.05, 0) is 19.8 Å². The van der Waals surface area contributed by atoms with Crippen molar-refractivity contribution in [1.29, 1.82) is 0 Å². The average Bonchev–Trinajstić information content (AvgIpc) is 2.35. The predicted octanol–water partition coefficient (Wildman–Crippen LogP) is 2.81. The van der Waals surface area contributed by atoms with E-state index in [1.165, 1.54) is 14.2 Å². The van der Waals surface area contributed by atoms with Crippen LogP contribution >= 0.6 is 0 Å². The van der Waals surface area contributed by atoms with E-state index in [9.17, 15) is 9.59 Å². The first kappa shape index (κ1) is 17.2. The van der Waals surface area contributed by atoms with Crippen LogP contribution in [0.1, 0.15) is 26.7 Å². The second-order valence-electron chi connectivity index (χ2n) is 4.41. The van der Waals surface area contributed by atoms with Gasteiger partial charge in [-0.15, -0.1) is 0 Å². The van der Waals surface area contributed by atoms with Crippen LogP contribution in [0.4, 0.5) is 0 Å². The molecule has 0 unspecified atom stereocenters. The maximum atomic E-state index is 11.3. The van der Waals surface area contributed by atoms with Crippen molar-refractivity contribution in [2.24, 2.45) is 5.92 Å². The van der Waals surface area contributed by atoms with Gasteiger partial charge in [0, 0.05) is 0 Å². The second-order valence-corrected chi connectivity index (χ2v) is 4.41. The minimum absolute atomic E-state index is 0.157. The molecule has 0 heterocycles. The van der Waals surface area contributed by atoms with E-state index in [-0.39, 0.29) is 30.7 Å². The molecule has 0 radical (unpaired) electrons. The highest BCUT2D eigenvalue weighted by Gasteiger charge is 2.16. The lowest BCUT2D eigenvalue weighted by Crippen LogP contribution is -2.13. The Bertz CT molecular complexity index is 373. The Kier molecular flexibility index (Phi) is 8.25. The molecular formula is C15H22O4. The molecule has 0 aliphatic heterocycles. The molecule has 0 amide bonds. The lowest BCUT2D eigenvalue weighted by atomic mass is 9.98. The summed E-state index contributed by atoms with van der Waals surface area (Å²) < 4.78 is 9.25. The zero-order chi connectivity index (χ0) is 14.8. The van der Waals surface area contributed by atoms with Crippen LogP contribution in [0.5, 0.6) is 0 Å². The minimum Gasteiger partial charge on any atom is -0.469 e. The van der Waals surface area contributed by atoms with E-state index in [4.69, 9.17) is 0 Å². The number of carbonyl (C=O) groups is 2. The number of carbonyl (C=O) groups excluding carboxylic acids is 2. The molecule has 0 rings (SSSR count). The molecule has 0 aromatic carbocycles. The highest BCUT2D eigenvalue weighted by Crippen LogP contribution is 2.16. The van der Waals surface area contributed by atoms with Crippen molar-refractivity contribution in [3.05, 3.63) is 36.0 Å². The molecular weight excluding hydrogens is 244 g/mol. The molecule has 4 nitrogen and oxygen atoms in total. The van der Waals surface area contributed by atoms with E-state index in [1.807, 2.05) is 32.1 Å². The van der Waals surface area contributed by atoms with E-state index in [0.717, 1.165) is 11.1 Å². The van der Waals surface area contributed by atoms with Crippen molar-refractivity contribution in [1.82, 2.24) is 0 Å². The van der Waals surface area contributed by atoms with Gasteiger partial charge in [-0.3, -0.25) is 9.59 Å². The van der Waals surface area contributed by atoms with Gasteiger partial charge >= 0.3 is 11.9 Å². The van der Waals surface area contributed by atoms with E-state index < -0.39 is 0 Å². The van der Waals surface area contributed by atoms with Crippen LogP contribution in [-0.4, -0.2) is 26.2 Å². The normalized spacial score (nSPS) is 11.7. The largest absolute Gasteiger partial charge is 0.469 e. The number of methoxy groups -OCH3 is 2. The average molecular weight is 266 g/mol. The molecule has 0 saturated heterocycles. The maximum absolute atomic E-state index is 11.3. The first-order valence-corrected chi connectivity index (χ1v) is 6.04. The molecule has 0 aromatic heterocycles. The first-order valence-electron chi connectivity index (χ1n) is 6.04. The van der Waals surface area contributed by atoms with Gasteiger partial charge in [0.15, 0.2) is 0 Å². The topological polar surface area (TPSA) is 52.6 Å². The van der Waals surface area contributed by atoms with Crippen molar-refractivity contribution in [2.75, 3.05) is 14.2 Å². The van der Waals surface area contributed by atoms with Crippen LogP contribution in [-0.2, 0) is 19.1 Å². The Hall–Kier alpha value is -1.84. The van der Waals surface area contributed by atoms with E-state index in [0.29, 0.717) is 0 Å². The lowest BCUT2D eigenvalue weighted by molar-refractivity contribution is -0.143. The van der Waals surface area contributed by atoms with Crippen molar-refractivity contribution in [3.8, 4) is 0 Å². The highest BCUT2D eigenvalue weighted by atomic mass is 16.5. The van der Waals surface area contributed by atoms with Crippen LogP contribution < -0.4 is 0 Å². The third kappa shape index (κ3) is 8.83. The maximum Gasteiger partial charge on any atom is 0.306 e. The second kappa shape index (κ2) is 9.14. The molecule has 0 aromatic rings. The van der Waals surface area contributed by atoms with E-state index >= 15 is 0 Å². The van der Waals surface area contributed by atoms with Crippen LogP contribution in [0.2, 0.25) is 0 Å². The zero-order valence-electron chi connectivity index (χ0n) is 12.1. The Morgan fingerprint density at radius 2 is 1.53 bits per heavy atom. The van der Waals surface area contributed by atoms with Gasteiger partial charge in [0.25, 0.3) is 0 Å². The fourth-order valence-corrected chi connectivity index (χ4v) is 1.49. The molecule has 0 spiro atoms. The Labute approximate surface area is 114 Å². The van der Waals surface area contributed by atoms with Gasteiger partial charge in [0.2, 0.25) is 0 Å². The third-order valence-electron chi connectivity index (χ3n) is 2.44. The fourth-order valence-electron chi connectivity index (χ4n) is 1.49. The molecule has 0 bridgehead atoms. The summed E-state index contributed by atoms with van der Waals surface area (Å²) in [6.07, 6.45) is 5.95.